The number of aryl methyl sites for hydroxylation is 1. The number of hydrogen-bond acceptors (Lipinski definition) is 6. The third-order valence-corrected chi connectivity index (χ3v) is 5.78. The molecule has 1 amide bonds. The summed E-state index contributed by atoms with van der Waals surface area (Å²) in [4.78, 5) is 24.5. The maximum absolute atomic E-state index is 14.2. The Morgan fingerprint density at radius 1 is 1.23 bits per heavy atom. The van der Waals surface area contributed by atoms with Gasteiger partial charge in [0.15, 0.2) is 4.32 Å². The van der Waals surface area contributed by atoms with Gasteiger partial charge in [0.25, 0.3) is 5.91 Å². The number of nitrogens with one attached hydrogen (secondary N) is 1. The number of amides is 1. The Hall–Kier alpha value is -3.43. The van der Waals surface area contributed by atoms with Crippen LogP contribution in [0.2, 0.25) is 0 Å². The number of rotatable bonds is 5. The van der Waals surface area contributed by atoms with Gasteiger partial charge in [0.05, 0.1) is 21.7 Å². The summed E-state index contributed by atoms with van der Waals surface area (Å²) in [6, 6.07) is 14.3. The first-order valence-electron chi connectivity index (χ1n) is 9.07. The molecule has 1 aromatic heterocycles. The molecule has 0 saturated carbocycles. The molecule has 2 N–H and O–H groups in total. The van der Waals surface area contributed by atoms with E-state index in [1.54, 1.807) is 49.4 Å². The van der Waals surface area contributed by atoms with Crippen molar-refractivity contribution in [3.8, 4) is 11.3 Å². The molecule has 9 heteroatoms. The van der Waals surface area contributed by atoms with Gasteiger partial charge in [0, 0.05) is 6.08 Å². The lowest BCUT2D eigenvalue weighted by Gasteiger charge is -2.18. The summed E-state index contributed by atoms with van der Waals surface area (Å²) in [7, 11) is 0. The maximum Gasteiger partial charge on any atom is 0.337 e. The van der Waals surface area contributed by atoms with Gasteiger partial charge in [-0.1, -0.05) is 30.0 Å². The molecule has 1 aliphatic rings. The Kier molecular flexibility index (Phi) is 5.62. The number of thiocarbonyl (C=S) groups is 1. The lowest BCUT2D eigenvalue weighted by molar-refractivity contribution is -0.121. The third kappa shape index (κ3) is 4.23. The van der Waals surface area contributed by atoms with Gasteiger partial charge in [0.2, 0.25) is 0 Å². The number of halogens is 1. The first-order chi connectivity index (χ1) is 14.8. The van der Waals surface area contributed by atoms with Crippen LogP contribution < -0.4 is 5.43 Å². The highest BCUT2D eigenvalue weighted by Crippen LogP contribution is 2.34. The summed E-state index contributed by atoms with van der Waals surface area (Å²) in [6.07, 6.45) is 1.51. The van der Waals surface area contributed by atoms with Gasteiger partial charge in [-0.15, -0.1) is 0 Å². The number of anilines is 1. The first kappa shape index (κ1) is 20.8. The van der Waals surface area contributed by atoms with Crippen LogP contribution in [0.1, 0.15) is 21.7 Å². The minimum atomic E-state index is -1.13. The van der Waals surface area contributed by atoms with Crippen molar-refractivity contribution in [1.29, 1.82) is 0 Å². The van der Waals surface area contributed by atoms with Crippen LogP contribution in [-0.2, 0) is 4.79 Å². The number of carbonyl (C=O) groups excluding carboxylic acids is 1. The molecule has 3 aromatic rings. The summed E-state index contributed by atoms with van der Waals surface area (Å²) in [5.41, 5.74) is 4.14. The molecule has 0 radical (unpaired) electrons. The van der Waals surface area contributed by atoms with Crippen LogP contribution in [0.3, 0.4) is 0 Å². The fourth-order valence-electron chi connectivity index (χ4n) is 2.98. The Morgan fingerprint density at radius 2 is 2.00 bits per heavy atom. The van der Waals surface area contributed by atoms with E-state index in [-0.39, 0.29) is 20.5 Å². The molecule has 0 atom stereocenters. The highest BCUT2D eigenvalue weighted by Gasteiger charge is 2.33. The van der Waals surface area contributed by atoms with Gasteiger partial charge >= 0.3 is 5.97 Å². The van der Waals surface area contributed by atoms with Crippen molar-refractivity contribution in [2.75, 3.05) is 5.43 Å². The topological polar surface area (TPSA) is 82.8 Å². The van der Waals surface area contributed by atoms with Gasteiger partial charge in [-0.3, -0.25) is 10.2 Å². The van der Waals surface area contributed by atoms with Crippen LogP contribution in [0.25, 0.3) is 17.4 Å². The number of furan rings is 1. The molecular formula is C22H15FN2O4S2. The van der Waals surface area contributed by atoms with E-state index in [2.05, 4.69) is 5.43 Å². The van der Waals surface area contributed by atoms with Crippen molar-refractivity contribution in [1.82, 2.24) is 5.01 Å². The van der Waals surface area contributed by atoms with Crippen LogP contribution in [0.5, 0.6) is 0 Å². The number of aromatic carboxylic acids is 1. The average molecular weight is 455 g/mol. The van der Waals surface area contributed by atoms with Gasteiger partial charge in [-0.25, -0.2) is 14.2 Å². The zero-order valence-corrected chi connectivity index (χ0v) is 17.7. The molecular weight excluding hydrogens is 439 g/mol. The zero-order chi connectivity index (χ0) is 22.1. The molecule has 2 aromatic carbocycles. The number of carboxylic acids is 1. The Labute approximate surface area is 186 Å². The molecule has 6 nitrogen and oxygen atoms in total. The van der Waals surface area contributed by atoms with Crippen LogP contribution in [0.15, 0.2) is 63.9 Å². The third-order valence-electron chi connectivity index (χ3n) is 4.47. The van der Waals surface area contributed by atoms with Crippen molar-refractivity contribution in [2.24, 2.45) is 0 Å². The zero-order valence-electron chi connectivity index (χ0n) is 16.1. The molecule has 0 bridgehead atoms. The normalized spacial score (nSPS) is 15.0. The van der Waals surface area contributed by atoms with Crippen molar-refractivity contribution in [2.45, 2.75) is 6.92 Å². The number of carbonyl (C=O) groups is 2. The van der Waals surface area contributed by atoms with Crippen LogP contribution in [0.4, 0.5) is 10.1 Å². The molecule has 0 unspecified atom stereocenters. The minimum absolute atomic E-state index is 0.0105. The summed E-state index contributed by atoms with van der Waals surface area (Å²) >= 11 is 6.31. The summed E-state index contributed by atoms with van der Waals surface area (Å²) in [6.45, 7) is 1.80. The van der Waals surface area contributed by atoms with E-state index < -0.39 is 17.7 Å². The highest BCUT2D eigenvalue weighted by atomic mass is 32.2. The second kappa shape index (κ2) is 8.37. The maximum atomic E-state index is 14.2. The largest absolute Gasteiger partial charge is 0.478 e. The fraction of sp³-hybridized carbons (Fsp3) is 0.0455. The smallest absolute Gasteiger partial charge is 0.337 e. The van der Waals surface area contributed by atoms with E-state index >= 15 is 0 Å². The Morgan fingerprint density at radius 3 is 2.74 bits per heavy atom. The molecule has 31 heavy (non-hydrogen) atoms. The Balaban J connectivity index is 1.57. The van der Waals surface area contributed by atoms with Gasteiger partial charge in [0.1, 0.15) is 17.3 Å². The lowest BCUT2D eigenvalue weighted by Crippen LogP contribution is -2.34. The van der Waals surface area contributed by atoms with Gasteiger partial charge in [-0.05, 0) is 61.1 Å². The molecule has 4 rings (SSSR count). The van der Waals surface area contributed by atoms with Crippen molar-refractivity contribution in [3.05, 3.63) is 82.2 Å². The predicted molar refractivity (Wildman–Crippen MR) is 121 cm³/mol. The monoisotopic (exact) mass is 454 g/mol. The first-order valence-corrected chi connectivity index (χ1v) is 10.3. The molecule has 1 saturated heterocycles. The lowest BCUT2D eigenvalue weighted by atomic mass is 10.1. The molecule has 0 spiro atoms. The predicted octanol–water partition coefficient (Wildman–Crippen LogP) is 5.32. The number of nitrogens with zero attached hydrogens (tertiary/aromatic N) is 1. The van der Waals surface area contributed by atoms with Crippen molar-refractivity contribution >= 4 is 51.9 Å². The minimum Gasteiger partial charge on any atom is -0.478 e. The second-order valence-corrected chi connectivity index (χ2v) is 8.34. The van der Waals surface area contributed by atoms with Crippen molar-refractivity contribution in [3.63, 3.8) is 0 Å². The SMILES string of the molecule is Cc1ccc(-c2ccc(/C=C3/SC(=S)N(Nc4ccccc4C(=O)O)C3=O)o2)c(F)c1. The number of benzene rings is 2. The van der Waals surface area contributed by atoms with E-state index in [1.165, 1.54) is 18.2 Å². The average Bonchev–Trinajstić information content (AvgIpc) is 3.28. The summed E-state index contributed by atoms with van der Waals surface area (Å²) < 4.78 is 20.1. The molecule has 1 fully saturated rings. The number of para-hydroxylation sites is 1. The molecule has 2 heterocycles. The van der Waals surface area contributed by atoms with E-state index in [4.69, 9.17) is 16.6 Å². The van der Waals surface area contributed by atoms with Gasteiger partial charge < -0.3 is 9.52 Å². The number of carboxylic acid groups (broad SMARTS) is 1. The quantitative estimate of drug-likeness (QED) is 0.399. The molecule has 156 valence electrons. The van der Waals surface area contributed by atoms with Crippen molar-refractivity contribution < 1.29 is 23.5 Å². The summed E-state index contributed by atoms with van der Waals surface area (Å²) in [5, 5.41) is 10.4. The Bertz CT molecular complexity index is 1250. The molecule has 0 aliphatic carbocycles. The van der Waals surface area contributed by atoms with E-state index in [9.17, 15) is 19.1 Å². The summed E-state index contributed by atoms with van der Waals surface area (Å²) in [5.74, 6) is -1.27. The van der Waals surface area contributed by atoms with Crippen LogP contribution >= 0.6 is 24.0 Å². The standard InChI is InChI=1S/C22H15FN2O4S2/c1-12-6-8-14(16(23)10-12)18-9-7-13(29-18)11-19-20(26)25(22(30)31-19)24-17-5-3-2-4-15(17)21(27)28/h2-11,24H,1H3,(H,27,28)/b19-11+. The number of thioether (sulfide) groups is 1. The molecule has 1 aliphatic heterocycles. The van der Waals surface area contributed by atoms with E-state index in [1.807, 2.05) is 0 Å². The number of hydrazine groups is 1. The van der Waals surface area contributed by atoms with Crippen LogP contribution in [-0.4, -0.2) is 26.3 Å². The fourth-order valence-corrected chi connectivity index (χ4v) is 4.14. The van der Waals surface area contributed by atoms with Crippen LogP contribution in [0, 0.1) is 12.7 Å². The highest BCUT2D eigenvalue weighted by molar-refractivity contribution is 8.26. The second-order valence-electron chi connectivity index (χ2n) is 6.66. The van der Waals surface area contributed by atoms with Gasteiger partial charge in [-0.2, -0.15) is 0 Å². The number of hydrogen-bond donors (Lipinski definition) is 2. The van der Waals surface area contributed by atoms with E-state index in [0.29, 0.717) is 17.1 Å². The van der Waals surface area contributed by atoms with E-state index in [0.717, 1.165) is 22.3 Å².